The maximum Gasteiger partial charge on any atom is 0.317 e. The Morgan fingerprint density at radius 1 is 0.926 bits per heavy atom. The molecular weight excluding hydrogens is 681 g/mol. The van der Waals surface area contributed by atoms with Crippen molar-refractivity contribution in [1.29, 1.82) is 0 Å². The van der Waals surface area contributed by atoms with Gasteiger partial charge in [0.25, 0.3) is 0 Å². The summed E-state index contributed by atoms with van der Waals surface area (Å²) >= 11 is 6.95. The molecule has 2 aromatic rings. The van der Waals surface area contributed by atoms with E-state index in [-0.39, 0.29) is 11.7 Å². The van der Waals surface area contributed by atoms with Crippen LogP contribution in [0.1, 0.15) is 24.0 Å². The maximum atomic E-state index is 12.1. The molecule has 0 aliphatic carbocycles. The van der Waals surface area contributed by atoms with Crippen molar-refractivity contribution in [3.63, 3.8) is 0 Å². The van der Waals surface area contributed by atoms with Gasteiger partial charge in [-0.2, -0.15) is 0 Å². The Morgan fingerprint density at radius 2 is 1.41 bits per heavy atom. The summed E-state index contributed by atoms with van der Waals surface area (Å²) < 4.78 is 5.58. The highest BCUT2D eigenvalue weighted by atomic mass is 127. The van der Waals surface area contributed by atoms with Gasteiger partial charge in [0.05, 0.1) is 7.11 Å². The van der Waals surface area contributed by atoms with Crippen LogP contribution in [0.2, 0.25) is 0 Å². The normalized spacial score (nSPS) is 12.8. The number of allylic oxidation sites excluding steroid dienone is 1. The molecule has 0 aliphatic heterocycles. The number of methoxy groups -OCH3 is 1. The summed E-state index contributed by atoms with van der Waals surface area (Å²) in [7, 11) is 1.31. The van der Waals surface area contributed by atoms with Crippen molar-refractivity contribution in [1.82, 2.24) is 0 Å². The van der Waals surface area contributed by atoms with Crippen LogP contribution in [0.4, 0.5) is 0 Å². The number of carbonyl (C=O) groups excluding carboxylic acids is 2. The first-order valence-electron chi connectivity index (χ1n) is 8.15. The van der Waals surface area contributed by atoms with Crippen molar-refractivity contribution in [3.8, 4) is 0 Å². The lowest BCUT2D eigenvalue weighted by molar-refractivity contribution is -0.149. The number of ether oxygens (including phenoxy) is 1. The number of rotatable bonds is 6. The highest BCUT2D eigenvalue weighted by Gasteiger charge is 2.32. The second kappa shape index (κ2) is 13.6. The van der Waals surface area contributed by atoms with Gasteiger partial charge in [0.1, 0.15) is 11.6 Å². The molecule has 0 saturated carbocycles. The Kier molecular flexibility index (Phi) is 12.4. The fourth-order valence-electron chi connectivity index (χ4n) is 2.56. The lowest BCUT2D eigenvalue weighted by Gasteiger charge is -2.21. The predicted octanol–water partition coefficient (Wildman–Crippen LogP) is 6.44. The molecule has 0 aromatic heterocycles. The van der Waals surface area contributed by atoms with E-state index in [9.17, 15) is 9.59 Å². The van der Waals surface area contributed by atoms with Gasteiger partial charge in [-0.25, -0.2) is 0 Å². The van der Waals surface area contributed by atoms with Gasteiger partial charge in [-0.15, -0.1) is 0 Å². The molecule has 0 fully saturated rings. The van der Waals surface area contributed by atoms with E-state index in [0.29, 0.717) is 0 Å². The van der Waals surface area contributed by atoms with Gasteiger partial charge in [-0.3, -0.25) is 9.59 Å². The molecule has 27 heavy (non-hydrogen) atoms. The first-order valence-corrected chi connectivity index (χ1v) is 11.9. The fourth-order valence-corrected chi connectivity index (χ4v) is 2.56. The molecule has 0 amide bonds. The Bertz CT molecular complexity index is 728. The zero-order chi connectivity index (χ0) is 20.2. The predicted molar refractivity (Wildman–Crippen MR) is 137 cm³/mol. The van der Waals surface area contributed by atoms with Crippen LogP contribution in [0, 0.1) is 5.92 Å². The van der Waals surface area contributed by atoms with E-state index in [1.54, 1.807) is 0 Å². The van der Waals surface area contributed by atoms with Crippen LogP contribution in [-0.4, -0.2) is 18.8 Å². The van der Waals surface area contributed by atoms with Crippen LogP contribution >= 0.6 is 67.8 Å². The number of benzene rings is 2. The molecule has 0 heterocycles. The van der Waals surface area contributed by atoms with Gasteiger partial charge >= 0.3 is 5.97 Å². The quantitative estimate of drug-likeness (QED) is 0.151. The SMILES string of the molecule is COC(=O)C(C(C)=O)C(/C=C/c1ccccc1)c1ccccc1.IC(I)I. The first-order chi connectivity index (χ1) is 12.9. The number of hydrogen-bond acceptors (Lipinski definition) is 3. The minimum Gasteiger partial charge on any atom is -0.468 e. The minimum absolute atomic E-state index is 0.205. The molecule has 2 aromatic carbocycles. The number of ketones is 1. The average Bonchev–Trinajstić information content (AvgIpc) is 2.65. The molecule has 2 atom stereocenters. The maximum absolute atomic E-state index is 12.1. The topological polar surface area (TPSA) is 43.4 Å². The van der Waals surface area contributed by atoms with Crippen molar-refractivity contribution in [2.24, 2.45) is 5.92 Å². The van der Waals surface area contributed by atoms with Crippen molar-refractivity contribution in [2.75, 3.05) is 7.11 Å². The number of halogens is 3. The lowest BCUT2D eigenvalue weighted by Crippen LogP contribution is -2.29. The van der Waals surface area contributed by atoms with Crippen molar-refractivity contribution in [3.05, 3.63) is 77.9 Å². The molecule has 0 bridgehead atoms. The van der Waals surface area contributed by atoms with Gasteiger partial charge in [0.15, 0.2) is 0 Å². The fraction of sp³-hybridized carbons (Fsp3) is 0.238. The molecule has 3 nitrogen and oxygen atoms in total. The number of esters is 1. The van der Waals surface area contributed by atoms with E-state index in [2.05, 4.69) is 67.8 Å². The van der Waals surface area contributed by atoms with Crippen LogP contribution in [0.15, 0.2) is 66.7 Å². The van der Waals surface area contributed by atoms with Crippen LogP contribution in [0.25, 0.3) is 6.08 Å². The molecule has 6 heteroatoms. The smallest absolute Gasteiger partial charge is 0.317 e. The standard InChI is InChI=1S/C20H20O3.CHI3/c1-15(21)19(20(22)23-2)18(17-11-7-4-8-12-17)14-13-16-9-5-3-6-10-16;2-1(3)4/h3-14,18-19H,1-2H3;1H/b14-13+;. The molecule has 0 spiro atoms. The third-order valence-electron chi connectivity index (χ3n) is 3.73. The van der Waals surface area contributed by atoms with Crippen LogP contribution in [-0.2, 0) is 14.3 Å². The summed E-state index contributed by atoms with van der Waals surface area (Å²) in [6.07, 6.45) is 3.82. The van der Waals surface area contributed by atoms with Crippen LogP contribution < -0.4 is 0 Å². The van der Waals surface area contributed by atoms with E-state index < -0.39 is 11.9 Å². The van der Waals surface area contributed by atoms with Crippen molar-refractivity contribution in [2.45, 2.75) is 12.8 Å². The van der Waals surface area contributed by atoms with Crippen molar-refractivity contribution < 1.29 is 14.3 Å². The Labute approximate surface area is 201 Å². The minimum atomic E-state index is -0.845. The van der Waals surface area contributed by atoms with Gasteiger partial charge < -0.3 is 4.74 Å². The summed E-state index contributed by atoms with van der Waals surface area (Å²) in [6, 6.07) is 19.3. The molecule has 0 N–H and O–H groups in total. The number of hydrogen-bond donors (Lipinski definition) is 0. The highest BCUT2D eigenvalue weighted by molar-refractivity contribution is 14.3. The van der Waals surface area contributed by atoms with Crippen LogP contribution in [0.3, 0.4) is 0 Å². The molecule has 0 radical (unpaired) electrons. The summed E-state index contributed by atoms with van der Waals surface area (Å²) in [5, 5.41) is 0. The van der Waals surface area contributed by atoms with Gasteiger partial charge in [-0.1, -0.05) is 141 Å². The second-order valence-electron chi connectivity index (χ2n) is 5.57. The summed E-state index contributed by atoms with van der Waals surface area (Å²) in [4.78, 5) is 24.1. The van der Waals surface area contributed by atoms with E-state index in [1.165, 1.54) is 14.0 Å². The van der Waals surface area contributed by atoms with E-state index in [1.807, 2.05) is 72.8 Å². The van der Waals surface area contributed by atoms with Crippen molar-refractivity contribution >= 4 is 85.6 Å². The largest absolute Gasteiger partial charge is 0.468 e. The zero-order valence-corrected chi connectivity index (χ0v) is 21.5. The second-order valence-corrected chi connectivity index (χ2v) is 16.5. The Hall–Kier alpha value is -0.490. The third kappa shape index (κ3) is 9.51. The van der Waals surface area contributed by atoms with Crippen LogP contribution in [0.5, 0.6) is 0 Å². The molecule has 2 rings (SSSR count). The van der Waals surface area contributed by atoms with E-state index in [4.69, 9.17) is 4.74 Å². The summed E-state index contributed by atoms with van der Waals surface area (Å²) in [5.74, 6) is -1.92. The monoisotopic (exact) mass is 702 g/mol. The summed E-state index contributed by atoms with van der Waals surface area (Å²) in [6.45, 7) is 1.42. The molecule has 144 valence electrons. The molecule has 2 unspecified atom stereocenters. The number of Topliss-reactive ketones (excluding diaryl/α,β-unsaturated/α-hetero) is 1. The number of alkyl halides is 3. The molecule has 0 aliphatic rings. The highest BCUT2D eigenvalue weighted by Crippen LogP contribution is 2.29. The Balaban J connectivity index is 0.000000828. The van der Waals surface area contributed by atoms with Gasteiger partial charge in [0.2, 0.25) is 0 Å². The first kappa shape index (κ1) is 24.5. The third-order valence-corrected chi connectivity index (χ3v) is 3.73. The van der Waals surface area contributed by atoms with E-state index >= 15 is 0 Å². The van der Waals surface area contributed by atoms with E-state index in [0.717, 1.165) is 11.1 Å². The zero-order valence-electron chi connectivity index (χ0n) is 15.0. The molecular formula is C21H21I3O3. The average molecular weight is 702 g/mol. The number of carbonyl (C=O) groups is 2. The lowest BCUT2D eigenvalue weighted by atomic mass is 9.83. The van der Waals surface area contributed by atoms with Gasteiger partial charge in [-0.05, 0) is 18.1 Å². The summed E-state index contributed by atoms with van der Waals surface area (Å²) in [5.41, 5.74) is 1.92. The molecule has 0 saturated heterocycles. The van der Waals surface area contributed by atoms with Gasteiger partial charge in [0, 0.05) is 5.92 Å². The Morgan fingerprint density at radius 3 is 1.85 bits per heavy atom.